The minimum atomic E-state index is -0.516. The number of hydrogen-bond acceptors (Lipinski definition) is 2. The predicted octanol–water partition coefficient (Wildman–Crippen LogP) is 3.06. The number of rotatable bonds is 3. The summed E-state index contributed by atoms with van der Waals surface area (Å²) in [4.78, 5) is 0. The zero-order chi connectivity index (χ0) is 12.4. The Morgan fingerprint density at radius 2 is 2.29 bits per heavy atom. The fraction of sp³-hybridized carbons (Fsp3) is 0.538. The average molecular weight is 303 g/mol. The Hall–Kier alpha value is -0.450. The predicted molar refractivity (Wildman–Crippen MR) is 67.4 cm³/mol. The van der Waals surface area contributed by atoms with E-state index in [9.17, 15) is 9.50 Å². The molecule has 3 atom stereocenters. The molecule has 4 heteroatoms. The van der Waals surface area contributed by atoms with Crippen LogP contribution in [0.2, 0.25) is 0 Å². The average Bonchev–Trinajstić information content (AvgIpc) is 2.70. The lowest BCUT2D eigenvalue weighted by atomic mass is 10.0. The number of aliphatic hydroxyl groups excluding tert-OH is 1. The second-order valence-corrected chi connectivity index (χ2v) is 5.44. The van der Waals surface area contributed by atoms with Gasteiger partial charge in [0.05, 0.1) is 22.8 Å². The summed E-state index contributed by atoms with van der Waals surface area (Å²) in [5.41, 5.74) is 0.911. The van der Waals surface area contributed by atoms with Crippen molar-refractivity contribution in [2.75, 3.05) is 0 Å². The van der Waals surface area contributed by atoms with Gasteiger partial charge < -0.3 is 9.84 Å². The van der Waals surface area contributed by atoms with Crippen LogP contribution in [-0.4, -0.2) is 23.4 Å². The number of ether oxygens (including phenoxy) is 1. The first-order valence-corrected chi connectivity index (χ1v) is 6.63. The molecule has 0 spiro atoms. The molecule has 0 bridgehead atoms. The summed E-state index contributed by atoms with van der Waals surface area (Å²) in [7, 11) is 0. The van der Waals surface area contributed by atoms with Gasteiger partial charge in [0.25, 0.3) is 0 Å². The lowest BCUT2D eigenvalue weighted by Crippen LogP contribution is -2.28. The molecule has 1 fully saturated rings. The zero-order valence-corrected chi connectivity index (χ0v) is 11.3. The van der Waals surface area contributed by atoms with E-state index in [4.69, 9.17) is 4.74 Å². The van der Waals surface area contributed by atoms with E-state index in [-0.39, 0.29) is 18.0 Å². The smallest absolute Gasteiger partial charge is 0.137 e. The van der Waals surface area contributed by atoms with E-state index >= 15 is 0 Å². The first-order valence-electron chi connectivity index (χ1n) is 5.83. The van der Waals surface area contributed by atoms with Crippen molar-refractivity contribution in [1.29, 1.82) is 0 Å². The van der Waals surface area contributed by atoms with E-state index in [0.717, 1.165) is 18.4 Å². The molecule has 94 valence electrons. The Balaban J connectivity index is 1.98. The lowest BCUT2D eigenvalue weighted by Gasteiger charge is -2.18. The summed E-state index contributed by atoms with van der Waals surface area (Å²) in [6.45, 7) is 2.02. The monoisotopic (exact) mass is 302 g/mol. The Kier molecular flexibility index (Phi) is 4.17. The zero-order valence-electron chi connectivity index (χ0n) is 9.70. The van der Waals surface area contributed by atoms with Crippen LogP contribution in [-0.2, 0) is 11.2 Å². The van der Waals surface area contributed by atoms with Gasteiger partial charge in [-0.15, -0.1) is 0 Å². The molecule has 3 unspecified atom stereocenters. The normalized spacial score (nSPS) is 26.1. The Morgan fingerprint density at radius 1 is 1.53 bits per heavy atom. The molecule has 0 radical (unpaired) electrons. The van der Waals surface area contributed by atoms with Gasteiger partial charge in [-0.05, 0) is 53.4 Å². The van der Waals surface area contributed by atoms with Crippen LogP contribution in [0.25, 0.3) is 0 Å². The maximum absolute atomic E-state index is 13.1. The Bertz CT molecular complexity index is 397. The van der Waals surface area contributed by atoms with Crippen molar-refractivity contribution in [1.82, 2.24) is 0 Å². The number of hydrogen-bond donors (Lipinski definition) is 1. The van der Waals surface area contributed by atoms with Gasteiger partial charge in [0.15, 0.2) is 0 Å². The summed E-state index contributed by atoms with van der Waals surface area (Å²) in [6.07, 6.45) is 2.01. The van der Waals surface area contributed by atoms with Crippen molar-refractivity contribution >= 4 is 15.9 Å². The van der Waals surface area contributed by atoms with Gasteiger partial charge in [0.1, 0.15) is 5.82 Å². The molecule has 2 rings (SSSR count). The molecule has 0 aliphatic carbocycles. The maximum atomic E-state index is 13.1. The van der Waals surface area contributed by atoms with Crippen LogP contribution in [0.3, 0.4) is 0 Å². The van der Waals surface area contributed by atoms with E-state index in [2.05, 4.69) is 15.9 Å². The quantitative estimate of drug-likeness (QED) is 0.930. The van der Waals surface area contributed by atoms with Gasteiger partial charge in [0.2, 0.25) is 0 Å². The topological polar surface area (TPSA) is 29.5 Å². The van der Waals surface area contributed by atoms with E-state index in [0.29, 0.717) is 10.9 Å². The van der Waals surface area contributed by atoms with E-state index in [1.54, 1.807) is 12.1 Å². The summed E-state index contributed by atoms with van der Waals surface area (Å²) in [5, 5.41) is 10.0. The molecule has 17 heavy (non-hydrogen) atoms. The Labute approximate surface area is 109 Å². The van der Waals surface area contributed by atoms with Gasteiger partial charge in [-0.3, -0.25) is 0 Å². The molecule has 1 heterocycles. The summed E-state index contributed by atoms with van der Waals surface area (Å²) in [5.74, 6) is -0.283. The van der Waals surface area contributed by atoms with Gasteiger partial charge in [-0.2, -0.15) is 0 Å². The highest BCUT2D eigenvalue weighted by Crippen LogP contribution is 2.24. The minimum absolute atomic E-state index is 0.0890. The van der Waals surface area contributed by atoms with Crippen LogP contribution >= 0.6 is 15.9 Å². The molecule has 1 saturated heterocycles. The number of benzene rings is 1. The molecule has 1 aliphatic rings. The van der Waals surface area contributed by atoms with Crippen LogP contribution in [0.5, 0.6) is 0 Å². The molecule has 1 aromatic carbocycles. The van der Waals surface area contributed by atoms with Crippen molar-refractivity contribution in [3.05, 3.63) is 34.1 Å². The van der Waals surface area contributed by atoms with Crippen molar-refractivity contribution in [3.8, 4) is 0 Å². The van der Waals surface area contributed by atoms with Crippen molar-refractivity contribution in [2.45, 2.75) is 44.5 Å². The first kappa shape index (κ1) is 13.0. The standard InChI is InChI=1S/C13H16BrFO2/c1-8-2-5-13(17-8)12(16)7-9-3-4-11(15)10(14)6-9/h3-4,6,8,12-13,16H,2,5,7H2,1H3. The summed E-state index contributed by atoms with van der Waals surface area (Å²) < 4.78 is 19.1. The minimum Gasteiger partial charge on any atom is -0.390 e. The van der Waals surface area contributed by atoms with Gasteiger partial charge in [-0.1, -0.05) is 6.07 Å². The highest BCUT2D eigenvalue weighted by Gasteiger charge is 2.28. The SMILES string of the molecule is CC1CCC(C(O)Cc2ccc(F)c(Br)c2)O1. The number of aliphatic hydroxyl groups is 1. The Morgan fingerprint density at radius 3 is 2.88 bits per heavy atom. The molecule has 1 N–H and O–H groups in total. The molecular formula is C13H16BrFO2. The van der Waals surface area contributed by atoms with Gasteiger partial charge >= 0.3 is 0 Å². The van der Waals surface area contributed by atoms with Gasteiger partial charge in [0, 0.05) is 6.42 Å². The van der Waals surface area contributed by atoms with Crippen molar-refractivity contribution in [3.63, 3.8) is 0 Å². The second-order valence-electron chi connectivity index (χ2n) is 4.58. The fourth-order valence-corrected chi connectivity index (χ4v) is 2.58. The molecule has 0 aromatic heterocycles. The second kappa shape index (κ2) is 5.46. The molecule has 1 aromatic rings. The highest BCUT2D eigenvalue weighted by molar-refractivity contribution is 9.10. The maximum Gasteiger partial charge on any atom is 0.137 e. The third-order valence-electron chi connectivity index (χ3n) is 3.12. The van der Waals surface area contributed by atoms with Crippen LogP contribution < -0.4 is 0 Å². The van der Waals surface area contributed by atoms with Crippen LogP contribution in [0, 0.1) is 5.82 Å². The highest BCUT2D eigenvalue weighted by atomic mass is 79.9. The third-order valence-corrected chi connectivity index (χ3v) is 3.73. The largest absolute Gasteiger partial charge is 0.390 e. The molecule has 0 amide bonds. The molecule has 0 saturated carbocycles. The van der Waals surface area contributed by atoms with Crippen LogP contribution in [0.1, 0.15) is 25.3 Å². The van der Waals surface area contributed by atoms with Crippen molar-refractivity contribution < 1.29 is 14.2 Å². The van der Waals surface area contributed by atoms with E-state index in [1.807, 2.05) is 6.92 Å². The fourth-order valence-electron chi connectivity index (χ4n) is 2.16. The first-order chi connectivity index (χ1) is 8.06. The summed E-state index contributed by atoms with van der Waals surface area (Å²) >= 11 is 3.14. The number of halogens is 2. The molecule has 2 nitrogen and oxygen atoms in total. The third kappa shape index (κ3) is 3.27. The van der Waals surface area contributed by atoms with Crippen molar-refractivity contribution in [2.24, 2.45) is 0 Å². The van der Waals surface area contributed by atoms with Crippen LogP contribution in [0.4, 0.5) is 4.39 Å². The molecule has 1 aliphatic heterocycles. The molecular weight excluding hydrogens is 287 g/mol. The lowest BCUT2D eigenvalue weighted by molar-refractivity contribution is -0.0278. The van der Waals surface area contributed by atoms with Gasteiger partial charge in [-0.25, -0.2) is 4.39 Å². The van der Waals surface area contributed by atoms with E-state index in [1.165, 1.54) is 6.07 Å². The van der Waals surface area contributed by atoms with Crippen LogP contribution in [0.15, 0.2) is 22.7 Å². The van der Waals surface area contributed by atoms with E-state index < -0.39 is 6.10 Å². The summed E-state index contributed by atoms with van der Waals surface area (Å²) in [6, 6.07) is 4.81.